The Hall–Kier alpha value is -1.91. The summed E-state index contributed by atoms with van der Waals surface area (Å²) in [6.45, 7) is 5.19. The van der Waals surface area contributed by atoms with Crippen LogP contribution in [0.15, 0.2) is 24.3 Å². The smallest absolute Gasteiger partial charge is 0.253 e. The van der Waals surface area contributed by atoms with E-state index in [-0.39, 0.29) is 29.6 Å². The summed E-state index contributed by atoms with van der Waals surface area (Å²) in [6.07, 6.45) is 3.44. The number of nitrogens with one attached hydrogen (secondary N) is 1. The first-order chi connectivity index (χ1) is 11.0. The maximum absolute atomic E-state index is 13.0. The first-order valence-corrected chi connectivity index (χ1v) is 8.40. The first-order valence-electron chi connectivity index (χ1n) is 8.40. The summed E-state index contributed by atoms with van der Waals surface area (Å²) >= 11 is 0. The molecule has 1 aliphatic rings. The fraction of sp³-hybridized carbons (Fsp3) is 0.556. The van der Waals surface area contributed by atoms with E-state index in [1.165, 1.54) is 24.3 Å². The third-order valence-electron chi connectivity index (χ3n) is 4.50. The second kappa shape index (κ2) is 8.09. The number of halogens is 1. The minimum absolute atomic E-state index is 0.0373. The molecule has 126 valence electrons. The Morgan fingerprint density at radius 1 is 1.26 bits per heavy atom. The van der Waals surface area contributed by atoms with E-state index < -0.39 is 0 Å². The van der Waals surface area contributed by atoms with Crippen molar-refractivity contribution in [3.05, 3.63) is 35.6 Å². The number of nitrogens with zero attached hydrogens (tertiary/aromatic N) is 1. The monoisotopic (exact) mass is 320 g/mol. The van der Waals surface area contributed by atoms with Crippen molar-refractivity contribution in [1.82, 2.24) is 10.2 Å². The molecule has 1 aromatic carbocycles. The van der Waals surface area contributed by atoms with Crippen molar-refractivity contribution in [2.75, 3.05) is 13.1 Å². The lowest BCUT2D eigenvalue weighted by atomic mass is 9.95. The molecule has 1 aliphatic heterocycles. The summed E-state index contributed by atoms with van der Waals surface area (Å²) < 4.78 is 13.0. The van der Waals surface area contributed by atoms with Gasteiger partial charge in [0.2, 0.25) is 5.91 Å². The Balaban J connectivity index is 1.98. The maximum Gasteiger partial charge on any atom is 0.253 e. The van der Waals surface area contributed by atoms with Crippen LogP contribution in [0.4, 0.5) is 4.39 Å². The lowest BCUT2D eigenvalue weighted by molar-refractivity contribution is -0.127. The van der Waals surface area contributed by atoms with Crippen LogP contribution in [-0.2, 0) is 4.79 Å². The molecule has 4 nitrogen and oxygen atoms in total. The third-order valence-corrected chi connectivity index (χ3v) is 4.50. The van der Waals surface area contributed by atoms with Gasteiger partial charge in [-0.15, -0.1) is 0 Å². The number of hydrogen-bond acceptors (Lipinski definition) is 2. The highest BCUT2D eigenvalue weighted by Gasteiger charge is 2.29. The van der Waals surface area contributed by atoms with E-state index in [1.54, 1.807) is 4.90 Å². The molecule has 0 saturated carbocycles. The molecule has 2 amide bonds. The molecule has 1 N–H and O–H groups in total. The highest BCUT2D eigenvalue weighted by molar-refractivity contribution is 5.94. The van der Waals surface area contributed by atoms with Crippen LogP contribution in [0.2, 0.25) is 0 Å². The molecule has 1 saturated heterocycles. The van der Waals surface area contributed by atoms with Crippen LogP contribution < -0.4 is 5.32 Å². The SMILES string of the molecule is CCC(CC)NC(=O)C1CCCN(C(=O)c2ccc(F)cc2)C1. The predicted molar refractivity (Wildman–Crippen MR) is 87.5 cm³/mol. The van der Waals surface area contributed by atoms with Gasteiger partial charge >= 0.3 is 0 Å². The molecular formula is C18H25FN2O2. The largest absolute Gasteiger partial charge is 0.353 e. The number of hydrogen-bond donors (Lipinski definition) is 1. The van der Waals surface area contributed by atoms with E-state index in [0.717, 1.165) is 25.7 Å². The molecule has 0 aliphatic carbocycles. The van der Waals surface area contributed by atoms with Gasteiger partial charge in [-0.05, 0) is 49.9 Å². The van der Waals surface area contributed by atoms with Crippen LogP contribution in [0, 0.1) is 11.7 Å². The summed E-state index contributed by atoms with van der Waals surface area (Å²) in [5, 5.41) is 3.07. The van der Waals surface area contributed by atoms with Crippen molar-refractivity contribution < 1.29 is 14.0 Å². The van der Waals surface area contributed by atoms with E-state index >= 15 is 0 Å². The Kier molecular flexibility index (Phi) is 6.13. The highest BCUT2D eigenvalue weighted by atomic mass is 19.1. The number of rotatable bonds is 5. The van der Waals surface area contributed by atoms with Crippen molar-refractivity contribution in [2.24, 2.45) is 5.92 Å². The van der Waals surface area contributed by atoms with Gasteiger partial charge < -0.3 is 10.2 Å². The Labute approximate surface area is 137 Å². The van der Waals surface area contributed by atoms with Crippen molar-refractivity contribution in [3.8, 4) is 0 Å². The number of piperidine rings is 1. The maximum atomic E-state index is 13.0. The van der Waals surface area contributed by atoms with Gasteiger partial charge in [-0.2, -0.15) is 0 Å². The molecule has 1 heterocycles. The average Bonchev–Trinajstić information content (AvgIpc) is 2.59. The lowest BCUT2D eigenvalue weighted by Crippen LogP contribution is -2.47. The molecule has 1 fully saturated rings. The van der Waals surface area contributed by atoms with Crippen molar-refractivity contribution in [2.45, 2.75) is 45.6 Å². The molecule has 5 heteroatoms. The Morgan fingerprint density at radius 2 is 1.91 bits per heavy atom. The first kappa shape index (κ1) is 17.4. The van der Waals surface area contributed by atoms with Gasteiger partial charge in [0.25, 0.3) is 5.91 Å². The number of likely N-dealkylation sites (tertiary alicyclic amines) is 1. The molecule has 1 unspecified atom stereocenters. The van der Waals surface area contributed by atoms with Gasteiger partial charge in [0.1, 0.15) is 5.82 Å². The van der Waals surface area contributed by atoms with Crippen molar-refractivity contribution in [1.29, 1.82) is 0 Å². The number of amides is 2. The summed E-state index contributed by atoms with van der Waals surface area (Å²) in [7, 11) is 0. The quantitative estimate of drug-likeness (QED) is 0.907. The van der Waals surface area contributed by atoms with Crippen LogP contribution in [0.5, 0.6) is 0 Å². The molecule has 23 heavy (non-hydrogen) atoms. The zero-order valence-corrected chi connectivity index (χ0v) is 13.8. The van der Waals surface area contributed by atoms with Crippen molar-refractivity contribution >= 4 is 11.8 Å². The zero-order valence-electron chi connectivity index (χ0n) is 13.8. The fourth-order valence-electron chi connectivity index (χ4n) is 2.96. The van der Waals surface area contributed by atoms with Gasteiger partial charge in [-0.1, -0.05) is 13.8 Å². The van der Waals surface area contributed by atoms with E-state index in [1.807, 2.05) is 0 Å². The van der Waals surface area contributed by atoms with Gasteiger partial charge in [-0.3, -0.25) is 9.59 Å². The average molecular weight is 320 g/mol. The van der Waals surface area contributed by atoms with Crippen LogP contribution in [0.1, 0.15) is 49.9 Å². The minimum Gasteiger partial charge on any atom is -0.353 e. The van der Waals surface area contributed by atoms with Gasteiger partial charge in [0.15, 0.2) is 0 Å². The van der Waals surface area contributed by atoms with E-state index in [0.29, 0.717) is 18.7 Å². The second-order valence-electron chi connectivity index (χ2n) is 6.12. The Morgan fingerprint density at radius 3 is 2.52 bits per heavy atom. The molecule has 1 atom stereocenters. The standard InChI is InChI=1S/C18H25FN2O2/c1-3-16(4-2)20-17(22)14-6-5-11-21(12-14)18(23)13-7-9-15(19)10-8-13/h7-10,14,16H,3-6,11-12H2,1-2H3,(H,20,22). The van der Waals surface area contributed by atoms with Crippen LogP contribution in [0.25, 0.3) is 0 Å². The molecular weight excluding hydrogens is 295 g/mol. The van der Waals surface area contributed by atoms with E-state index in [4.69, 9.17) is 0 Å². The number of benzene rings is 1. The number of carbonyl (C=O) groups excluding carboxylic acids is 2. The highest BCUT2D eigenvalue weighted by Crippen LogP contribution is 2.19. The molecule has 0 spiro atoms. The summed E-state index contributed by atoms with van der Waals surface area (Å²) in [5.41, 5.74) is 0.465. The number of carbonyl (C=O) groups is 2. The minimum atomic E-state index is -0.359. The van der Waals surface area contributed by atoms with E-state index in [2.05, 4.69) is 19.2 Å². The van der Waals surface area contributed by atoms with Gasteiger partial charge in [-0.25, -0.2) is 4.39 Å². The van der Waals surface area contributed by atoms with Gasteiger partial charge in [0.05, 0.1) is 5.92 Å². The van der Waals surface area contributed by atoms with E-state index in [9.17, 15) is 14.0 Å². The van der Waals surface area contributed by atoms with Gasteiger partial charge in [0, 0.05) is 24.7 Å². The topological polar surface area (TPSA) is 49.4 Å². The third kappa shape index (κ3) is 4.53. The summed E-state index contributed by atoms with van der Waals surface area (Å²) in [5.74, 6) is -0.614. The molecule has 0 bridgehead atoms. The predicted octanol–water partition coefficient (Wildman–Crippen LogP) is 2.98. The van der Waals surface area contributed by atoms with Crippen LogP contribution in [-0.4, -0.2) is 35.8 Å². The second-order valence-corrected chi connectivity index (χ2v) is 6.12. The molecule has 2 rings (SSSR count). The normalized spacial score (nSPS) is 18.1. The van der Waals surface area contributed by atoms with Crippen molar-refractivity contribution in [3.63, 3.8) is 0 Å². The zero-order chi connectivity index (χ0) is 16.8. The van der Waals surface area contributed by atoms with Crippen LogP contribution in [0.3, 0.4) is 0 Å². The summed E-state index contributed by atoms with van der Waals surface area (Å²) in [6, 6.07) is 5.76. The fourth-order valence-corrected chi connectivity index (χ4v) is 2.96. The summed E-state index contributed by atoms with van der Waals surface area (Å²) in [4.78, 5) is 26.6. The molecule has 0 aromatic heterocycles. The Bertz CT molecular complexity index is 540. The lowest BCUT2D eigenvalue weighted by Gasteiger charge is -2.33. The molecule has 1 aromatic rings. The van der Waals surface area contributed by atoms with Crippen LogP contribution >= 0.6 is 0 Å². The molecule has 0 radical (unpaired) electrons.